The molecule has 0 amide bonds. The van der Waals surface area contributed by atoms with Gasteiger partial charge in [0, 0.05) is 23.1 Å². The highest BCUT2D eigenvalue weighted by molar-refractivity contribution is 6.11. The summed E-state index contributed by atoms with van der Waals surface area (Å²) in [6, 6.07) is 10.4. The first-order chi connectivity index (χ1) is 14.3. The molecule has 1 heterocycles. The van der Waals surface area contributed by atoms with Crippen molar-refractivity contribution in [2.75, 3.05) is 0 Å². The van der Waals surface area contributed by atoms with E-state index in [0.717, 1.165) is 5.57 Å². The summed E-state index contributed by atoms with van der Waals surface area (Å²) in [5.41, 5.74) is 1.84. The molecule has 0 aliphatic carbocycles. The predicted octanol–water partition coefficient (Wildman–Crippen LogP) is 5.61. The Morgan fingerprint density at radius 3 is 2.40 bits per heavy atom. The van der Waals surface area contributed by atoms with E-state index in [-0.39, 0.29) is 46.2 Å². The second-order valence-corrected chi connectivity index (χ2v) is 7.76. The largest absolute Gasteiger partial charge is 0.507 e. The van der Waals surface area contributed by atoms with Crippen LogP contribution in [0.25, 0.3) is 22.1 Å². The summed E-state index contributed by atoms with van der Waals surface area (Å²) in [4.78, 5) is 25.4. The van der Waals surface area contributed by atoms with Crippen molar-refractivity contribution in [2.24, 2.45) is 5.92 Å². The van der Waals surface area contributed by atoms with Crippen LogP contribution in [0.3, 0.4) is 0 Å². The van der Waals surface area contributed by atoms with E-state index in [1.165, 1.54) is 6.07 Å². The second-order valence-electron chi connectivity index (χ2n) is 7.76. The molecule has 1 aromatic heterocycles. The Bertz CT molecular complexity index is 1180. The van der Waals surface area contributed by atoms with Gasteiger partial charge in [0.05, 0.1) is 5.39 Å². The Labute approximate surface area is 175 Å². The van der Waals surface area contributed by atoms with Crippen molar-refractivity contribution in [3.8, 4) is 22.6 Å². The third kappa shape index (κ3) is 3.88. The summed E-state index contributed by atoms with van der Waals surface area (Å²) in [5, 5.41) is 22.3. The zero-order valence-corrected chi connectivity index (χ0v) is 17.7. The molecule has 5 nitrogen and oxygen atoms in total. The number of Topliss-reactive ketones (excluding diaryl/α,β-unsaturated/α-hetero) is 1. The van der Waals surface area contributed by atoms with Crippen molar-refractivity contribution in [3.63, 3.8) is 0 Å². The molecular formula is C25H26O5. The van der Waals surface area contributed by atoms with Crippen LogP contribution in [0.1, 0.15) is 50.0 Å². The summed E-state index contributed by atoms with van der Waals surface area (Å²) in [5.74, 6) is -1.43. The van der Waals surface area contributed by atoms with Crippen LogP contribution in [0, 0.1) is 5.92 Å². The molecule has 0 bridgehead atoms. The van der Waals surface area contributed by atoms with Gasteiger partial charge < -0.3 is 14.6 Å². The number of fused-ring (bicyclic) bond motifs is 1. The molecule has 0 saturated carbocycles. The molecule has 3 rings (SSSR count). The van der Waals surface area contributed by atoms with Crippen molar-refractivity contribution >= 4 is 16.8 Å². The van der Waals surface area contributed by atoms with Gasteiger partial charge in [0.1, 0.15) is 22.6 Å². The maximum absolute atomic E-state index is 13.0. The number of carbonyl (C=O) groups excluding carboxylic acids is 1. The highest BCUT2D eigenvalue weighted by atomic mass is 16.4. The lowest BCUT2D eigenvalue weighted by atomic mass is 9.89. The molecule has 5 heteroatoms. The predicted molar refractivity (Wildman–Crippen MR) is 118 cm³/mol. The normalized spacial score (nSPS) is 12.0. The van der Waals surface area contributed by atoms with Crippen LogP contribution in [0.2, 0.25) is 0 Å². The molecule has 0 fully saturated rings. The van der Waals surface area contributed by atoms with E-state index in [1.807, 2.05) is 57.2 Å². The maximum atomic E-state index is 13.0. The van der Waals surface area contributed by atoms with Crippen LogP contribution in [-0.4, -0.2) is 16.0 Å². The van der Waals surface area contributed by atoms with E-state index in [1.54, 1.807) is 6.92 Å². The molecule has 2 N–H and O–H groups in total. The van der Waals surface area contributed by atoms with Gasteiger partial charge in [-0.3, -0.25) is 4.79 Å². The Hall–Kier alpha value is -3.34. The van der Waals surface area contributed by atoms with Gasteiger partial charge in [0.25, 0.3) is 0 Å². The van der Waals surface area contributed by atoms with E-state index in [0.29, 0.717) is 23.1 Å². The van der Waals surface area contributed by atoms with Gasteiger partial charge in [0.15, 0.2) is 5.78 Å². The molecule has 0 unspecified atom stereocenters. The van der Waals surface area contributed by atoms with E-state index < -0.39 is 5.63 Å². The highest BCUT2D eigenvalue weighted by Crippen LogP contribution is 2.44. The van der Waals surface area contributed by atoms with Crippen molar-refractivity contribution < 1.29 is 19.4 Å². The summed E-state index contributed by atoms with van der Waals surface area (Å²) in [6.07, 6.45) is 2.69. The standard InChI is InChI=1S/C25H26O5/c1-5-15(4)22(27)21-23(28)17(12-11-14(2)3)25-20(24(21)29)18(13-19(26)30-25)16-9-7-6-8-10-16/h6-11,13,15,28-29H,5,12H2,1-4H3/t15-/m0/s1. The Kier molecular flexibility index (Phi) is 6.11. The fourth-order valence-corrected chi connectivity index (χ4v) is 3.44. The van der Waals surface area contributed by atoms with Crippen molar-refractivity contribution in [1.82, 2.24) is 0 Å². The molecular weight excluding hydrogens is 380 g/mol. The first-order valence-electron chi connectivity index (χ1n) is 10.0. The van der Waals surface area contributed by atoms with Gasteiger partial charge in [-0.25, -0.2) is 4.79 Å². The van der Waals surface area contributed by atoms with Crippen LogP contribution in [0.5, 0.6) is 11.5 Å². The quantitative estimate of drug-likeness (QED) is 0.316. The lowest BCUT2D eigenvalue weighted by Crippen LogP contribution is -2.12. The molecule has 0 aliphatic rings. The topological polar surface area (TPSA) is 87.7 Å². The van der Waals surface area contributed by atoms with Crippen LogP contribution in [0.15, 0.2) is 57.3 Å². The smallest absolute Gasteiger partial charge is 0.336 e. The first-order valence-corrected chi connectivity index (χ1v) is 10.0. The fourth-order valence-electron chi connectivity index (χ4n) is 3.44. The number of allylic oxidation sites excluding steroid dienone is 2. The summed E-state index contributed by atoms with van der Waals surface area (Å²) in [6.45, 7) is 7.45. The molecule has 0 radical (unpaired) electrons. The zero-order chi connectivity index (χ0) is 22.0. The molecule has 0 saturated heterocycles. The molecule has 30 heavy (non-hydrogen) atoms. The zero-order valence-electron chi connectivity index (χ0n) is 17.7. The molecule has 0 aliphatic heterocycles. The number of hydrogen-bond acceptors (Lipinski definition) is 5. The molecule has 1 atom stereocenters. The summed E-state index contributed by atoms with van der Waals surface area (Å²) >= 11 is 0. The number of rotatable bonds is 6. The van der Waals surface area contributed by atoms with Crippen molar-refractivity contribution in [3.05, 3.63) is 69.6 Å². The Balaban J connectivity index is 2.49. The SMILES string of the molecule is CC[C@H](C)C(=O)c1c(O)c(CC=C(C)C)c2oc(=O)cc(-c3ccccc3)c2c1O. The van der Waals surface area contributed by atoms with E-state index in [4.69, 9.17) is 4.42 Å². The van der Waals surface area contributed by atoms with E-state index >= 15 is 0 Å². The van der Waals surface area contributed by atoms with Crippen molar-refractivity contribution in [1.29, 1.82) is 0 Å². The maximum Gasteiger partial charge on any atom is 0.336 e. The van der Waals surface area contributed by atoms with Crippen molar-refractivity contribution in [2.45, 2.75) is 40.5 Å². The average molecular weight is 406 g/mol. The minimum Gasteiger partial charge on any atom is -0.507 e. The lowest BCUT2D eigenvalue weighted by molar-refractivity contribution is 0.0921. The molecule has 3 aromatic rings. The Morgan fingerprint density at radius 2 is 1.80 bits per heavy atom. The summed E-state index contributed by atoms with van der Waals surface area (Å²) in [7, 11) is 0. The number of phenols is 2. The molecule has 156 valence electrons. The minimum atomic E-state index is -0.598. The van der Waals surface area contributed by atoms with Gasteiger partial charge in [0.2, 0.25) is 0 Å². The van der Waals surface area contributed by atoms with Crippen LogP contribution >= 0.6 is 0 Å². The number of benzene rings is 2. The number of carbonyl (C=O) groups is 1. The Morgan fingerprint density at radius 1 is 1.13 bits per heavy atom. The fraction of sp³-hybridized carbons (Fsp3) is 0.280. The third-order valence-corrected chi connectivity index (χ3v) is 5.34. The molecule has 0 spiro atoms. The van der Waals surface area contributed by atoms with E-state index in [9.17, 15) is 19.8 Å². The van der Waals surface area contributed by atoms with Gasteiger partial charge in [-0.1, -0.05) is 55.8 Å². The first kappa shape index (κ1) is 21.4. The van der Waals surface area contributed by atoms with Gasteiger partial charge in [-0.05, 0) is 32.3 Å². The van der Waals surface area contributed by atoms with Gasteiger partial charge in [-0.2, -0.15) is 0 Å². The third-order valence-electron chi connectivity index (χ3n) is 5.34. The highest BCUT2D eigenvalue weighted by Gasteiger charge is 2.29. The number of aromatic hydroxyl groups is 2. The number of hydrogen-bond donors (Lipinski definition) is 2. The average Bonchev–Trinajstić information content (AvgIpc) is 2.72. The minimum absolute atomic E-state index is 0.0922. The number of phenolic OH excluding ortho intramolecular Hbond substituents is 2. The summed E-state index contributed by atoms with van der Waals surface area (Å²) < 4.78 is 5.45. The van der Waals surface area contributed by atoms with E-state index in [2.05, 4.69) is 0 Å². The van der Waals surface area contributed by atoms with Crippen LogP contribution < -0.4 is 5.63 Å². The number of ketones is 1. The second kappa shape index (κ2) is 8.57. The van der Waals surface area contributed by atoms with Gasteiger partial charge in [-0.15, -0.1) is 0 Å². The van der Waals surface area contributed by atoms with Gasteiger partial charge >= 0.3 is 5.63 Å². The monoisotopic (exact) mass is 406 g/mol. The van der Waals surface area contributed by atoms with Crippen LogP contribution in [0.4, 0.5) is 0 Å². The molecule has 2 aromatic carbocycles. The van der Waals surface area contributed by atoms with Crippen LogP contribution in [-0.2, 0) is 6.42 Å². The lowest BCUT2D eigenvalue weighted by Gasteiger charge is -2.18.